The van der Waals surface area contributed by atoms with Gasteiger partial charge in [-0.1, -0.05) is 0 Å². The molecule has 0 N–H and O–H groups in total. The van der Waals surface area contributed by atoms with E-state index >= 15 is 0 Å². The number of benzene rings is 1. The monoisotopic (exact) mass is 298 g/mol. The number of alkyl halides is 3. The smallest absolute Gasteiger partial charge is 0.437 e. The first-order chi connectivity index (χ1) is 7.34. The van der Waals surface area contributed by atoms with E-state index in [2.05, 4.69) is 25.4 Å². The fourth-order valence-electron chi connectivity index (χ4n) is 0.891. The van der Waals surface area contributed by atoms with Gasteiger partial charge in [-0.3, -0.25) is 0 Å². The molecule has 88 valence electrons. The van der Waals surface area contributed by atoms with E-state index in [9.17, 15) is 18.0 Å². The summed E-state index contributed by atoms with van der Waals surface area (Å²) in [6, 6.07) is 2.66. The molecular formula is C9H6BrF3O3. The van der Waals surface area contributed by atoms with Gasteiger partial charge in [0.05, 0.1) is 17.1 Å². The molecule has 1 aromatic rings. The Bertz CT molecular complexity index is 403. The summed E-state index contributed by atoms with van der Waals surface area (Å²) in [5.41, 5.74) is -0.836. The highest BCUT2D eigenvalue weighted by molar-refractivity contribution is 9.10. The van der Waals surface area contributed by atoms with Gasteiger partial charge < -0.3 is 9.47 Å². The van der Waals surface area contributed by atoms with E-state index in [1.54, 1.807) is 0 Å². The van der Waals surface area contributed by atoms with Crippen LogP contribution in [0.15, 0.2) is 22.7 Å². The van der Waals surface area contributed by atoms with Crippen molar-refractivity contribution in [2.45, 2.75) is 6.18 Å². The number of carbonyl (C=O) groups excluding carboxylic acids is 1. The molecule has 0 aliphatic rings. The lowest BCUT2D eigenvalue weighted by molar-refractivity contribution is -0.137. The Morgan fingerprint density at radius 1 is 1.38 bits per heavy atom. The van der Waals surface area contributed by atoms with E-state index in [1.807, 2.05) is 0 Å². The van der Waals surface area contributed by atoms with Gasteiger partial charge in [0.15, 0.2) is 0 Å². The lowest BCUT2D eigenvalue weighted by Crippen LogP contribution is -2.09. The third-order valence-electron chi connectivity index (χ3n) is 1.62. The molecule has 0 heterocycles. The molecule has 0 amide bonds. The van der Waals surface area contributed by atoms with Crippen LogP contribution in [0, 0.1) is 0 Å². The predicted molar refractivity (Wildman–Crippen MR) is 52.2 cm³/mol. The van der Waals surface area contributed by atoms with E-state index in [-0.39, 0.29) is 10.2 Å². The standard InChI is InChI=1S/C9H6BrF3O3/c1-15-8(14)16-7-3-2-5(4-6(7)10)9(11,12)13/h2-4H,1H3. The van der Waals surface area contributed by atoms with Gasteiger partial charge in [0.1, 0.15) is 5.75 Å². The summed E-state index contributed by atoms with van der Waals surface area (Å²) in [4.78, 5) is 10.7. The Balaban J connectivity index is 2.96. The minimum Gasteiger partial charge on any atom is -0.437 e. The van der Waals surface area contributed by atoms with Gasteiger partial charge in [-0.15, -0.1) is 0 Å². The number of rotatable bonds is 1. The number of halogens is 4. The molecule has 3 nitrogen and oxygen atoms in total. The summed E-state index contributed by atoms with van der Waals surface area (Å²) >= 11 is 2.86. The van der Waals surface area contributed by atoms with Crippen LogP contribution in [-0.2, 0) is 10.9 Å². The van der Waals surface area contributed by atoms with Gasteiger partial charge in [-0.05, 0) is 34.1 Å². The summed E-state index contributed by atoms with van der Waals surface area (Å²) in [7, 11) is 1.10. The van der Waals surface area contributed by atoms with Crippen molar-refractivity contribution >= 4 is 22.1 Å². The minimum atomic E-state index is -4.44. The van der Waals surface area contributed by atoms with E-state index in [0.29, 0.717) is 0 Å². The maximum Gasteiger partial charge on any atom is 0.513 e. The third-order valence-corrected chi connectivity index (χ3v) is 2.24. The van der Waals surface area contributed by atoms with Gasteiger partial charge in [0.25, 0.3) is 0 Å². The fourth-order valence-corrected chi connectivity index (χ4v) is 1.35. The van der Waals surface area contributed by atoms with E-state index in [4.69, 9.17) is 0 Å². The van der Waals surface area contributed by atoms with Gasteiger partial charge in [0, 0.05) is 0 Å². The average molecular weight is 299 g/mol. The topological polar surface area (TPSA) is 35.5 Å². The van der Waals surface area contributed by atoms with Crippen molar-refractivity contribution < 1.29 is 27.4 Å². The summed E-state index contributed by atoms with van der Waals surface area (Å²) in [5.74, 6) is -0.0418. The van der Waals surface area contributed by atoms with Crippen LogP contribution in [0.4, 0.5) is 18.0 Å². The maximum atomic E-state index is 12.3. The Morgan fingerprint density at radius 3 is 2.44 bits per heavy atom. The van der Waals surface area contributed by atoms with E-state index in [0.717, 1.165) is 25.3 Å². The molecule has 0 aliphatic carbocycles. The average Bonchev–Trinajstić information content (AvgIpc) is 2.19. The van der Waals surface area contributed by atoms with Crippen molar-refractivity contribution in [3.63, 3.8) is 0 Å². The largest absolute Gasteiger partial charge is 0.513 e. The van der Waals surface area contributed by atoms with Crippen LogP contribution in [0.5, 0.6) is 5.75 Å². The SMILES string of the molecule is COC(=O)Oc1ccc(C(F)(F)F)cc1Br. The zero-order valence-corrected chi connectivity index (χ0v) is 9.55. The van der Waals surface area contributed by atoms with Crippen LogP contribution >= 0.6 is 15.9 Å². The fraction of sp³-hybridized carbons (Fsp3) is 0.222. The van der Waals surface area contributed by atoms with Crippen molar-refractivity contribution in [3.05, 3.63) is 28.2 Å². The van der Waals surface area contributed by atoms with Crippen molar-refractivity contribution in [2.75, 3.05) is 7.11 Å². The molecule has 1 rings (SSSR count). The highest BCUT2D eigenvalue weighted by atomic mass is 79.9. The van der Waals surface area contributed by atoms with Crippen LogP contribution in [0.25, 0.3) is 0 Å². The molecule has 0 fully saturated rings. The summed E-state index contributed by atoms with van der Waals surface area (Å²) in [6.45, 7) is 0. The van der Waals surface area contributed by atoms with Gasteiger partial charge in [0.2, 0.25) is 0 Å². The number of methoxy groups -OCH3 is 1. The number of hydrogen-bond donors (Lipinski definition) is 0. The van der Waals surface area contributed by atoms with E-state index in [1.165, 1.54) is 0 Å². The van der Waals surface area contributed by atoms with Crippen LogP contribution in [0.3, 0.4) is 0 Å². The lowest BCUT2D eigenvalue weighted by Gasteiger charge is -2.09. The summed E-state index contributed by atoms with van der Waals surface area (Å²) in [5, 5.41) is 0. The second-order valence-corrected chi connectivity index (χ2v) is 3.55. The highest BCUT2D eigenvalue weighted by Crippen LogP contribution is 2.34. The third kappa shape index (κ3) is 3.13. The molecule has 7 heteroatoms. The van der Waals surface area contributed by atoms with Crippen molar-refractivity contribution in [3.8, 4) is 5.75 Å². The highest BCUT2D eigenvalue weighted by Gasteiger charge is 2.31. The molecule has 0 atom stereocenters. The summed E-state index contributed by atoms with van der Waals surface area (Å²) in [6.07, 6.45) is -5.44. The quantitative estimate of drug-likeness (QED) is 0.587. The minimum absolute atomic E-state index is 0.0210. The predicted octanol–water partition coefficient (Wildman–Crippen LogP) is 3.61. The van der Waals surface area contributed by atoms with Crippen molar-refractivity contribution in [1.29, 1.82) is 0 Å². The second-order valence-electron chi connectivity index (χ2n) is 2.70. The normalized spacial score (nSPS) is 11.1. The molecule has 16 heavy (non-hydrogen) atoms. The van der Waals surface area contributed by atoms with Crippen LogP contribution < -0.4 is 4.74 Å². The first kappa shape index (κ1) is 12.8. The Hall–Kier alpha value is -1.24. The molecule has 0 aliphatic heterocycles. The first-order valence-corrected chi connectivity index (χ1v) is 4.76. The van der Waals surface area contributed by atoms with Gasteiger partial charge in [-0.25, -0.2) is 4.79 Å². The molecule has 0 aromatic heterocycles. The zero-order valence-electron chi connectivity index (χ0n) is 7.97. The Labute approximate surface area is 97.3 Å². The summed E-state index contributed by atoms with van der Waals surface area (Å²) < 4.78 is 45.6. The van der Waals surface area contributed by atoms with Crippen molar-refractivity contribution in [1.82, 2.24) is 0 Å². The molecule has 0 radical (unpaired) electrons. The molecule has 0 saturated heterocycles. The Morgan fingerprint density at radius 2 is 2.00 bits per heavy atom. The van der Waals surface area contributed by atoms with Crippen LogP contribution in [-0.4, -0.2) is 13.3 Å². The molecule has 0 saturated carbocycles. The zero-order chi connectivity index (χ0) is 12.3. The van der Waals surface area contributed by atoms with Crippen LogP contribution in [0.1, 0.15) is 5.56 Å². The van der Waals surface area contributed by atoms with Gasteiger partial charge >= 0.3 is 12.3 Å². The van der Waals surface area contributed by atoms with Crippen LogP contribution in [0.2, 0.25) is 0 Å². The number of hydrogen-bond acceptors (Lipinski definition) is 3. The number of carbonyl (C=O) groups is 1. The maximum absolute atomic E-state index is 12.3. The van der Waals surface area contributed by atoms with E-state index < -0.39 is 17.9 Å². The molecule has 0 unspecified atom stereocenters. The molecular weight excluding hydrogens is 293 g/mol. The lowest BCUT2D eigenvalue weighted by atomic mass is 10.2. The molecule has 0 spiro atoms. The number of ether oxygens (including phenoxy) is 2. The first-order valence-electron chi connectivity index (χ1n) is 3.97. The van der Waals surface area contributed by atoms with Crippen molar-refractivity contribution in [2.24, 2.45) is 0 Å². The molecule has 1 aromatic carbocycles. The van der Waals surface area contributed by atoms with Gasteiger partial charge in [-0.2, -0.15) is 13.2 Å². The molecule has 0 bridgehead atoms. The Kier molecular flexibility index (Phi) is 3.79. The second kappa shape index (κ2) is 4.73.